The Labute approximate surface area is 439 Å². The van der Waals surface area contributed by atoms with E-state index in [4.69, 9.17) is 9.97 Å². The van der Waals surface area contributed by atoms with Crippen LogP contribution in [0.3, 0.4) is 0 Å². The van der Waals surface area contributed by atoms with Crippen molar-refractivity contribution in [3.8, 4) is 0 Å². The summed E-state index contributed by atoms with van der Waals surface area (Å²) in [6.07, 6.45) is 26.7. The number of hydrogen-bond acceptors (Lipinski definition) is 15. The normalized spacial score (nSPS) is 24.2. The third-order valence-electron chi connectivity index (χ3n) is 16.2. The number of hydrogen-bond donors (Lipinski definition) is 5. The number of aliphatic imine (C=N–C) groups is 1. The highest BCUT2D eigenvalue weighted by Crippen LogP contribution is 2.25. The minimum atomic E-state index is -0.214. The van der Waals surface area contributed by atoms with E-state index in [1.54, 1.807) is 6.20 Å². The topological polar surface area (TPSA) is 189 Å². The zero-order chi connectivity index (χ0) is 51.3. The summed E-state index contributed by atoms with van der Waals surface area (Å²) in [4.78, 5) is 61.7. The van der Waals surface area contributed by atoms with Gasteiger partial charge in [0.2, 0.25) is 11.9 Å². The van der Waals surface area contributed by atoms with Crippen molar-refractivity contribution in [2.45, 2.75) is 171 Å². The number of piperidine rings is 2. The van der Waals surface area contributed by atoms with Gasteiger partial charge in [-0.1, -0.05) is 31.8 Å². The standard InChI is InChI=1S/C28H44FN7O2.C28H42N6O2/c1-30-26-21-32-28(36-16-4-2-3-5-17-36)34-25(26)7-6-8-27(37)33-23-13-18-35(19-14-23)20-15-31-22-9-11-24(38-29)12-10-22;35-23-7-5-21(6-8-23)29-15-20-33-18-13-22(14-19-33)30-28(36)26-10-9-25-24(31-26)11-12-27(32-25)34-16-3-1-2-4-17-34/h6-7,21-24,31H,1-5,8-20H2,(H,33,37);9-12,21-23,29,35H,1-8,13-20H2,(H,30,36)/b7-6-;. The second-order valence-corrected chi connectivity index (χ2v) is 21.7. The van der Waals surface area contributed by atoms with Crippen LogP contribution < -0.4 is 31.1 Å². The van der Waals surface area contributed by atoms with Gasteiger partial charge in [-0.15, -0.1) is 0 Å². The molecule has 0 atom stereocenters. The maximum atomic E-state index is 12.9. The number of aliphatic hydroxyl groups is 1. The number of amides is 2. The smallest absolute Gasteiger partial charge is 0.270 e. The first kappa shape index (κ1) is 55.5. The number of anilines is 2. The minimum absolute atomic E-state index is 0.0316. The van der Waals surface area contributed by atoms with Crippen molar-refractivity contribution in [2.75, 3.05) is 88.3 Å². The van der Waals surface area contributed by atoms with Crippen molar-refractivity contribution < 1.29 is 24.2 Å². The van der Waals surface area contributed by atoms with Crippen molar-refractivity contribution in [2.24, 2.45) is 4.99 Å². The predicted octanol–water partition coefficient (Wildman–Crippen LogP) is 7.07. The summed E-state index contributed by atoms with van der Waals surface area (Å²) in [7, 11) is 0. The SMILES string of the molecule is C=Nc1cnc(N2CCCCCC2)nc1/C=C\CC(=O)NC1CCN(CCNC2CCC(OF)CC2)CC1.O=C(NC1CCN(CCNC2CCC(O)CC2)CC1)c1ccc2nc(N3CCCCCC3)ccc2n1. The van der Waals surface area contributed by atoms with E-state index in [1.807, 2.05) is 36.4 Å². The fourth-order valence-electron chi connectivity index (χ4n) is 11.6. The lowest BCUT2D eigenvalue weighted by molar-refractivity contribution is -0.188. The number of halogens is 1. The Hall–Kier alpha value is -4.72. The number of likely N-dealkylation sites (tertiary alicyclic amines) is 2. The highest BCUT2D eigenvalue weighted by Gasteiger charge is 2.26. The number of pyridine rings is 2. The Bertz CT molecular complexity index is 2210. The molecule has 0 radical (unpaired) electrons. The van der Waals surface area contributed by atoms with Gasteiger partial charge >= 0.3 is 0 Å². The summed E-state index contributed by atoms with van der Waals surface area (Å²) in [5, 5.41) is 23.3. The Morgan fingerprint density at radius 1 is 0.662 bits per heavy atom. The molecule has 18 heteroatoms. The van der Waals surface area contributed by atoms with Crippen molar-refractivity contribution in [1.82, 2.24) is 51.0 Å². The first-order valence-electron chi connectivity index (χ1n) is 28.5. The molecule has 2 saturated carbocycles. The van der Waals surface area contributed by atoms with Crippen LogP contribution in [0.5, 0.6) is 0 Å². The lowest BCUT2D eigenvalue weighted by atomic mass is 9.93. The van der Waals surface area contributed by atoms with E-state index < -0.39 is 0 Å². The minimum Gasteiger partial charge on any atom is -0.393 e. The van der Waals surface area contributed by atoms with Gasteiger partial charge in [0.15, 0.2) is 0 Å². The molecule has 6 aliphatic rings. The molecule has 3 aromatic heterocycles. The van der Waals surface area contributed by atoms with Gasteiger partial charge < -0.3 is 46.0 Å². The molecule has 6 fully saturated rings. The molecule has 0 unspecified atom stereocenters. The zero-order valence-corrected chi connectivity index (χ0v) is 44.1. The van der Waals surface area contributed by atoms with Crippen LogP contribution in [0.4, 0.5) is 22.0 Å². The first-order valence-corrected chi connectivity index (χ1v) is 28.5. The number of aromatic nitrogens is 4. The molecule has 74 heavy (non-hydrogen) atoms. The van der Waals surface area contributed by atoms with Gasteiger partial charge in [0, 0.05) is 109 Å². The molecule has 0 bridgehead atoms. The highest BCUT2D eigenvalue weighted by atomic mass is 19.3. The van der Waals surface area contributed by atoms with Gasteiger partial charge in [0.05, 0.1) is 35.1 Å². The molecule has 7 heterocycles. The van der Waals surface area contributed by atoms with Crippen LogP contribution in [-0.4, -0.2) is 168 Å². The maximum absolute atomic E-state index is 12.9. The molecule has 0 spiro atoms. The number of carbonyl (C=O) groups excluding carboxylic acids is 2. The second-order valence-electron chi connectivity index (χ2n) is 21.7. The Balaban J connectivity index is 0.000000197. The summed E-state index contributed by atoms with van der Waals surface area (Å²) < 4.78 is 12.3. The number of carbonyl (C=O) groups is 2. The molecule has 406 valence electrons. The average molecular weight is 1020 g/mol. The number of nitrogens with zero attached hydrogens (tertiary/aromatic N) is 9. The lowest BCUT2D eigenvalue weighted by Crippen LogP contribution is -2.47. The van der Waals surface area contributed by atoms with Crippen molar-refractivity contribution in [1.29, 1.82) is 0 Å². The molecule has 2 amide bonds. The molecule has 0 aromatic carbocycles. The monoisotopic (exact) mass is 1020 g/mol. The fourth-order valence-corrected chi connectivity index (χ4v) is 11.6. The first-order chi connectivity index (χ1) is 36.3. The van der Waals surface area contributed by atoms with Crippen molar-refractivity contribution >= 4 is 53.1 Å². The second kappa shape index (κ2) is 29.5. The number of fused-ring (bicyclic) bond motifs is 1. The van der Waals surface area contributed by atoms with Crippen LogP contribution in [0, 0.1) is 0 Å². The molecule has 4 saturated heterocycles. The Morgan fingerprint density at radius 3 is 1.81 bits per heavy atom. The molecular formula is C56H86FN13O4. The van der Waals surface area contributed by atoms with Gasteiger partial charge in [-0.05, 0) is 144 Å². The van der Waals surface area contributed by atoms with Crippen LogP contribution in [0.1, 0.15) is 151 Å². The van der Waals surface area contributed by atoms with E-state index >= 15 is 0 Å². The molecule has 9 rings (SSSR count). The summed E-state index contributed by atoms with van der Waals surface area (Å²) in [5.41, 5.74) is 3.42. The third-order valence-corrected chi connectivity index (χ3v) is 16.2. The molecule has 3 aromatic rings. The number of rotatable bonds is 18. The van der Waals surface area contributed by atoms with Gasteiger partial charge in [0.25, 0.3) is 5.91 Å². The Morgan fingerprint density at radius 2 is 1.22 bits per heavy atom. The number of aliphatic hydroxyl groups excluding tert-OH is 1. The molecule has 4 aliphatic heterocycles. The van der Waals surface area contributed by atoms with E-state index in [-0.39, 0.29) is 36.1 Å². The van der Waals surface area contributed by atoms with Gasteiger partial charge in [-0.2, -0.15) is 4.94 Å². The van der Waals surface area contributed by atoms with Crippen LogP contribution in [0.15, 0.2) is 41.5 Å². The fraction of sp³-hybridized carbons (Fsp3) is 0.696. The highest BCUT2D eigenvalue weighted by molar-refractivity contribution is 5.94. The van der Waals surface area contributed by atoms with E-state index in [2.05, 4.69) is 67.5 Å². The molecule has 17 nitrogen and oxygen atoms in total. The quantitative estimate of drug-likeness (QED) is 0.0814. The van der Waals surface area contributed by atoms with Crippen molar-refractivity contribution in [3.63, 3.8) is 0 Å². The molecular weight excluding hydrogens is 938 g/mol. The predicted molar refractivity (Wildman–Crippen MR) is 293 cm³/mol. The van der Waals surface area contributed by atoms with Crippen LogP contribution in [0.25, 0.3) is 17.1 Å². The van der Waals surface area contributed by atoms with Crippen LogP contribution in [-0.2, 0) is 9.74 Å². The summed E-state index contributed by atoms with van der Waals surface area (Å²) in [6.45, 7) is 15.7. The van der Waals surface area contributed by atoms with Gasteiger partial charge in [0.1, 0.15) is 17.2 Å². The summed E-state index contributed by atoms with van der Waals surface area (Å²) in [6, 6.07) is 9.22. The molecule has 2 aliphatic carbocycles. The van der Waals surface area contributed by atoms with Gasteiger partial charge in [-0.3, -0.25) is 14.6 Å². The van der Waals surface area contributed by atoms with Crippen LogP contribution in [0.2, 0.25) is 0 Å². The third kappa shape index (κ3) is 17.4. The van der Waals surface area contributed by atoms with Gasteiger partial charge in [-0.25, -0.2) is 19.9 Å². The van der Waals surface area contributed by atoms with E-state index in [0.717, 1.165) is 191 Å². The summed E-state index contributed by atoms with van der Waals surface area (Å²) >= 11 is 0. The van der Waals surface area contributed by atoms with E-state index in [1.165, 1.54) is 38.5 Å². The summed E-state index contributed by atoms with van der Waals surface area (Å²) in [5.74, 6) is 1.68. The van der Waals surface area contributed by atoms with E-state index in [0.29, 0.717) is 35.6 Å². The van der Waals surface area contributed by atoms with Crippen molar-refractivity contribution in [3.05, 3.63) is 47.9 Å². The largest absolute Gasteiger partial charge is 0.393 e. The number of nitrogens with one attached hydrogen (secondary N) is 4. The maximum Gasteiger partial charge on any atom is 0.270 e. The Kier molecular flexibility index (Phi) is 22.2. The average Bonchev–Trinajstić information content (AvgIpc) is 3.90. The zero-order valence-electron chi connectivity index (χ0n) is 44.1. The van der Waals surface area contributed by atoms with Crippen LogP contribution >= 0.6 is 0 Å². The lowest BCUT2D eigenvalue weighted by Gasteiger charge is -2.33. The molecule has 5 N–H and O–H groups in total. The van der Waals surface area contributed by atoms with E-state index in [9.17, 15) is 19.2 Å².